The number of rotatable bonds is 5. The first-order valence-electron chi connectivity index (χ1n) is 17.0. The average molecular weight is 629 g/mol. The molecule has 2 aromatic heterocycles. The minimum absolute atomic E-state index is 0.891. The molecule has 0 radical (unpaired) electrons. The molecule has 1 aliphatic carbocycles. The Balaban J connectivity index is 1.23. The lowest BCUT2D eigenvalue weighted by Crippen LogP contribution is -2.11. The normalized spacial score (nSPS) is 12.7. The summed E-state index contributed by atoms with van der Waals surface area (Å²) in [4.78, 5) is 2.40. The second-order valence-electron chi connectivity index (χ2n) is 12.8. The van der Waals surface area contributed by atoms with E-state index in [0.717, 1.165) is 51.8 Å². The van der Waals surface area contributed by atoms with Crippen LogP contribution in [0.25, 0.3) is 66.5 Å². The topological polar surface area (TPSA) is 21.3 Å². The van der Waals surface area contributed by atoms with Crippen molar-refractivity contribution in [3.8, 4) is 16.8 Å². The quantitative estimate of drug-likeness (QED) is 0.189. The fourth-order valence-corrected chi connectivity index (χ4v) is 7.83. The van der Waals surface area contributed by atoms with Crippen molar-refractivity contribution in [3.05, 3.63) is 175 Å². The first-order valence-corrected chi connectivity index (χ1v) is 17.0. The Hall–Kier alpha value is -6.32. The standard InChI is InChI=1S/C46H32N2O/c1-3-13-31(14-4-1)36-17-7-10-20-42(36)47(35-25-28-45-41(30-35)39-19-9-12-22-44(39)49-45)34-24-27-37-32(29-34)23-26-40-38-18-8-11-21-43(38)48(46(37)40)33-15-5-2-6-16-33/h1-7,9-17,19-30H,8,18H2. The van der Waals surface area contributed by atoms with Crippen molar-refractivity contribution >= 4 is 66.8 Å². The van der Waals surface area contributed by atoms with E-state index in [4.69, 9.17) is 4.42 Å². The zero-order chi connectivity index (χ0) is 32.3. The molecular weight excluding hydrogens is 597 g/mol. The fourth-order valence-electron chi connectivity index (χ4n) is 7.83. The summed E-state index contributed by atoms with van der Waals surface area (Å²) in [5.41, 5.74) is 12.6. The number of fused-ring (bicyclic) bond motifs is 8. The third-order valence-electron chi connectivity index (χ3n) is 10.0. The summed E-state index contributed by atoms with van der Waals surface area (Å²) in [6.45, 7) is 0. The Morgan fingerprint density at radius 2 is 1.27 bits per heavy atom. The van der Waals surface area contributed by atoms with Crippen molar-refractivity contribution in [2.75, 3.05) is 4.90 Å². The maximum atomic E-state index is 6.25. The van der Waals surface area contributed by atoms with Crippen molar-refractivity contribution < 1.29 is 4.42 Å². The minimum atomic E-state index is 0.891. The number of hydrogen-bond donors (Lipinski definition) is 0. The molecule has 9 aromatic rings. The van der Waals surface area contributed by atoms with Gasteiger partial charge in [0.05, 0.1) is 11.2 Å². The van der Waals surface area contributed by atoms with E-state index >= 15 is 0 Å². The van der Waals surface area contributed by atoms with Gasteiger partial charge in [0.1, 0.15) is 11.2 Å². The molecule has 0 N–H and O–H groups in total. The van der Waals surface area contributed by atoms with Crippen LogP contribution in [-0.4, -0.2) is 4.57 Å². The molecule has 0 amide bonds. The zero-order valence-electron chi connectivity index (χ0n) is 26.9. The number of para-hydroxylation sites is 3. The average Bonchev–Trinajstić information content (AvgIpc) is 3.72. The number of allylic oxidation sites excluding steroid dienone is 1. The molecule has 0 unspecified atom stereocenters. The van der Waals surface area contributed by atoms with Gasteiger partial charge in [-0.05, 0) is 90.0 Å². The lowest BCUT2D eigenvalue weighted by Gasteiger charge is -2.28. The smallest absolute Gasteiger partial charge is 0.135 e. The second-order valence-corrected chi connectivity index (χ2v) is 12.8. The van der Waals surface area contributed by atoms with Crippen LogP contribution in [-0.2, 0) is 6.42 Å². The second kappa shape index (κ2) is 11.1. The Bertz CT molecular complexity index is 2710. The third kappa shape index (κ3) is 4.43. The highest BCUT2D eigenvalue weighted by atomic mass is 16.3. The van der Waals surface area contributed by atoms with Crippen LogP contribution in [0, 0.1) is 0 Å². The predicted octanol–water partition coefficient (Wildman–Crippen LogP) is 12.8. The zero-order valence-corrected chi connectivity index (χ0v) is 26.9. The number of nitrogens with zero attached hydrogens (tertiary/aromatic N) is 2. The molecule has 1 aliphatic rings. The van der Waals surface area contributed by atoms with Gasteiger partial charge in [-0.3, -0.25) is 0 Å². The van der Waals surface area contributed by atoms with Crippen LogP contribution >= 0.6 is 0 Å². The van der Waals surface area contributed by atoms with Gasteiger partial charge in [0.25, 0.3) is 0 Å². The predicted molar refractivity (Wildman–Crippen MR) is 206 cm³/mol. The maximum Gasteiger partial charge on any atom is 0.135 e. The first-order chi connectivity index (χ1) is 24.3. The van der Waals surface area contributed by atoms with Crippen molar-refractivity contribution in [1.82, 2.24) is 4.57 Å². The summed E-state index contributed by atoms with van der Waals surface area (Å²) < 4.78 is 8.71. The van der Waals surface area contributed by atoms with Crippen LogP contribution in [0.15, 0.2) is 168 Å². The van der Waals surface area contributed by atoms with Crippen LogP contribution in [0.1, 0.15) is 17.7 Å². The number of anilines is 3. The van der Waals surface area contributed by atoms with Gasteiger partial charge in [-0.15, -0.1) is 0 Å². The lowest BCUT2D eigenvalue weighted by molar-refractivity contribution is 0.669. The van der Waals surface area contributed by atoms with Gasteiger partial charge in [0.15, 0.2) is 0 Å². The SMILES string of the molecule is C1=Cc2c(c3ccc4cc(N(c5ccc6oc7ccccc7c6c5)c5ccccc5-c5ccccc5)ccc4c3n2-c2ccccc2)CC1. The summed E-state index contributed by atoms with van der Waals surface area (Å²) in [6.07, 6.45) is 6.75. The van der Waals surface area contributed by atoms with E-state index < -0.39 is 0 Å². The Labute approximate surface area is 284 Å². The van der Waals surface area contributed by atoms with Crippen molar-refractivity contribution in [3.63, 3.8) is 0 Å². The molecule has 2 heterocycles. The van der Waals surface area contributed by atoms with Gasteiger partial charge in [-0.2, -0.15) is 0 Å². The monoisotopic (exact) mass is 628 g/mol. The Morgan fingerprint density at radius 3 is 2.16 bits per heavy atom. The molecule has 0 fully saturated rings. The summed E-state index contributed by atoms with van der Waals surface area (Å²) >= 11 is 0. The molecule has 0 aliphatic heterocycles. The van der Waals surface area contributed by atoms with E-state index in [1.54, 1.807) is 0 Å². The van der Waals surface area contributed by atoms with Crippen molar-refractivity contribution in [2.45, 2.75) is 12.8 Å². The Kier molecular flexibility index (Phi) is 6.31. The van der Waals surface area contributed by atoms with Gasteiger partial charge in [0.2, 0.25) is 0 Å². The van der Waals surface area contributed by atoms with Crippen LogP contribution in [0.3, 0.4) is 0 Å². The number of benzene rings is 7. The molecular formula is C46H32N2O. The number of hydrogen-bond acceptors (Lipinski definition) is 2. The first kappa shape index (κ1) is 27.8. The third-order valence-corrected chi connectivity index (χ3v) is 10.0. The van der Waals surface area contributed by atoms with E-state index in [0.29, 0.717) is 0 Å². The highest BCUT2D eigenvalue weighted by molar-refractivity contribution is 6.11. The molecule has 0 saturated carbocycles. The highest BCUT2D eigenvalue weighted by Gasteiger charge is 2.22. The summed E-state index contributed by atoms with van der Waals surface area (Å²) in [6, 6.07) is 56.6. The molecule has 0 atom stereocenters. The van der Waals surface area contributed by atoms with E-state index in [9.17, 15) is 0 Å². The maximum absolute atomic E-state index is 6.25. The fraction of sp³-hybridized carbons (Fsp3) is 0.0435. The van der Waals surface area contributed by atoms with E-state index in [1.165, 1.54) is 49.7 Å². The highest BCUT2D eigenvalue weighted by Crippen LogP contribution is 2.45. The van der Waals surface area contributed by atoms with Gasteiger partial charge >= 0.3 is 0 Å². The molecule has 0 bridgehead atoms. The summed E-state index contributed by atoms with van der Waals surface area (Å²) in [5, 5.41) is 6.03. The van der Waals surface area contributed by atoms with Crippen molar-refractivity contribution in [2.24, 2.45) is 0 Å². The number of aromatic nitrogens is 1. The van der Waals surface area contributed by atoms with E-state index in [1.807, 2.05) is 12.1 Å². The largest absolute Gasteiger partial charge is 0.456 e. The molecule has 232 valence electrons. The molecule has 10 rings (SSSR count). The molecule has 49 heavy (non-hydrogen) atoms. The van der Waals surface area contributed by atoms with Crippen LogP contribution in [0.4, 0.5) is 17.1 Å². The van der Waals surface area contributed by atoms with Crippen LogP contribution in [0.5, 0.6) is 0 Å². The van der Waals surface area contributed by atoms with Crippen molar-refractivity contribution in [1.29, 1.82) is 0 Å². The summed E-state index contributed by atoms with van der Waals surface area (Å²) in [7, 11) is 0. The molecule has 3 heteroatoms. The number of aryl methyl sites for hydroxylation is 1. The summed E-state index contributed by atoms with van der Waals surface area (Å²) in [5.74, 6) is 0. The number of furan rings is 1. The lowest BCUT2D eigenvalue weighted by atomic mass is 9.98. The Morgan fingerprint density at radius 1 is 0.551 bits per heavy atom. The molecule has 7 aromatic carbocycles. The van der Waals surface area contributed by atoms with E-state index in [-0.39, 0.29) is 0 Å². The van der Waals surface area contributed by atoms with Crippen LogP contribution in [0.2, 0.25) is 0 Å². The van der Waals surface area contributed by atoms with E-state index in [2.05, 4.69) is 167 Å². The molecule has 0 spiro atoms. The minimum Gasteiger partial charge on any atom is -0.456 e. The molecule has 0 saturated heterocycles. The molecule has 3 nitrogen and oxygen atoms in total. The van der Waals surface area contributed by atoms with Gasteiger partial charge in [-0.1, -0.05) is 109 Å². The van der Waals surface area contributed by atoms with Gasteiger partial charge in [0, 0.05) is 49.9 Å². The van der Waals surface area contributed by atoms with Crippen LogP contribution < -0.4 is 4.90 Å². The van der Waals surface area contributed by atoms with Gasteiger partial charge < -0.3 is 13.9 Å². The van der Waals surface area contributed by atoms with Gasteiger partial charge in [-0.25, -0.2) is 0 Å².